The van der Waals surface area contributed by atoms with E-state index in [0.717, 1.165) is 10.6 Å². The highest BCUT2D eigenvalue weighted by molar-refractivity contribution is 9.10. The van der Waals surface area contributed by atoms with E-state index in [-0.39, 0.29) is 11.3 Å². The van der Waals surface area contributed by atoms with Gasteiger partial charge in [-0.2, -0.15) is 13.9 Å². The molecule has 0 radical (unpaired) electrons. The Bertz CT molecular complexity index is 856. The highest BCUT2D eigenvalue weighted by Crippen LogP contribution is 2.36. The molecule has 114 valence electrons. The molecular weight excluding hydrogens is 383 g/mol. The van der Waals surface area contributed by atoms with Crippen LogP contribution in [0.2, 0.25) is 0 Å². The average molecular weight is 391 g/mol. The minimum Gasteiger partial charge on any atom is -0.227 e. The molecule has 3 nitrogen and oxygen atoms in total. The summed E-state index contributed by atoms with van der Waals surface area (Å²) in [6.07, 6.45) is 0. The fourth-order valence-corrected chi connectivity index (χ4v) is 2.54. The lowest BCUT2D eigenvalue weighted by Crippen LogP contribution is -2.12. The second-order valence-corrected chi connectivity index (χ2v) is 5.93. The maximum atomic E-state index is 13.7. The van der Waals surface area contributed by atoms with Gasteiger partial charge in [-0.3, -0.25) is 0 Å². The molecule has 0 spiro atoms. The Labute approximate surface area is 136 Å². The zero-order chi connectivity index (χ0) is 16.1. The zero-order valence-corrected chi connectivity index (χ0v) is 13.5. The molecule has 0 unspecified atom stereocenters. The predicted octanol–water partition coefficient (Wildman–Crippen LogP) is 4.89. The van der Waals surface area contributed by atoms with E-state index < -0.39 is 16.9 Å². The van der Waals surface area contributed by atoms with E-state index in [4.69, 9.17) is 11.6 Å². The molecule has 1 aromatic carbocycles. The standard InChI is InChI=1S/C14H8BrClF3N3/c1-7-12(15)13-20-10(8-2-4-9(17)5-3-8)6-11(14(16,18)19)22(13)21-7/h2-6H,1H3. The number of aryl methyl sites for hydroxylation is 1. The van der Waals surface area contributed by atoms with Crippen molar-refractivity contribution in [2.24, 2.45) is 0 Å². The summed E-state index contributed by atoms with van der Waals surface area (Å²) in [4.78, 5) is 4.31. The Morgan fingerprint density at radius 3 is 2.45 bits per heavy atom. The summed E-state index contributed by atoms with van der Waals surface area (Å²) in [5.74, 6) is -0.422. The SMILES string of the molecule is Cc1nn2c(C(F)(F)Cl)cc(-c3ccc(F)cc3)nc2c1Br. The number of hydrogen-bond acceptors (Lipinski definition) is 2. The summed E-state index contributed by atoms with van der Waals surface area (Å²) in [6, 6.07) is 6.53. The van der Waals surface area contributed by atoms with E-state index in [1.54, 1.807) is 6.92 Å². The number of alkyl halides is 3. The van der Waals surface area contributed by atoms with Gasteiger partial charge in [0.2, 0.25) is 0 Å². The lowest BCUT2D eigenvalue weighted by Gasteiger charge is -2.12. The maximum absolute atomic E-state index is 13.7. The van der Waals surface area contributed by atoms with Gasteiger partial charge in [-0.25, -0.2) is 13.9 Å². The van der Waals surface area contributed by atoms with E-state index in [1.165, 1.54) is 24.3 Å². The third-order valence-corrected chi connectivity index (χ3v) is 4.25. The molecule has 0 aliphatic rings. The molecule has 2 heterocycles. The summed E-state index contributed by atoms with van der Waals surface area (Å²) in [6.45, 7) is 1.66. The smallest absolute Gasteiger partial charge is 0.227 e. The van der Waals surface area contributed by atoms with Crippen molar-refractivity contribution in [1.82, 2.24) is 14.6 Å². The number of nitrogens with zero attached hydrogens (tertiary/aromatic N) is 3. The summed E-state index contributed by atoms with van der Waals surface area (Å²) >= 11 is 8.46. The quantitative estimate of drug-likeness (QED) is 0.583. The van der Waals surface area contributed by atoms with Crippen LogP contribution >= 0.6 is 27.5 Å². The molecule has 0 saturated carbocycles. The van der Waals surface area contributed by atoms with Crippen LogP contribution in [0.1, 0.15) is 11.4 Å². The van der Waals surface area contributed by atoms with Crippen LogP contribution in [0.25, 0.3) is 16.9 Å². The van der Waals surface area contributed by atoms with E-state index >= 15 is 0 Å². The van der Waals surface area contributed by atoms with Gasteiger partial charge in [0, 0.05) is 5.56 Å². The highest BCUT2D eigenvalue weighted by atomic mass is 79.9. The molecule has 0 aliphatic heterocycles. The fraction of sp³-hybridized carbons (Fsp3) is 0.143. The molecule has 3 aromatic rings. The van der Waals surface area contributed by atoms with Crippen molar-refractivity contribution in [2.75, 3.05) is 0 Å². The summed E-state index contributed by atoms with van der Waals surface area (Å²) in [5, 5.41) is 0.394. The average Bonchev–Trinajstić information content (AvgIpc) is 2.73. The van der Waals surface area contributed by atoms with Gasteiger partial charge in [-0.05, 0) is 64.8 Å². The van der Waals surface area contributed by atoms with Crippen LogP contribution in [0.5, 0.6) is 0 Å². The van der Waals surface area contributed by atoms with Crippen molar-refractivity contribution in [3.8, 4) is 11.3 Å². The van der Waals surface area contributed by atoms with Gasteiger partial charge < -0.3 is 0 Å². The molecule has 22 heavy (non-hydrogen) atoms. The minimum atomic E-state index is -3.62. The van der Waals surface area contributed by atoms with Crippen LogP contribution in [0.4, 0.5) is 13.2 Å². The minimum absolute atomic E-state index is 0.217. The Morgan fingerprint density at radius 2 is 1.86 bits per heavy atom. The van der Waals surface area contributed by atoms with E-state index in [2.05, 4.69) is 26.0 Å². The van der Waals surface area contributed by atoms with E-state index in [9.17, 15) is 13.2 Å². The Hall–Kier alpha value is -1.60. The lowest BCUT2D eigenvalue weighted by molar-refractivity contribution is 0.0872. The summed E-state index contributed by atoms with van der Waals surface area (Å²) < 4.78 is 41.9. The largest absolute Gasteiger partial charge is 0.364 e. The first kappa shape index (κ1) is 15.3. The highest BCUT2D eigenvalue weighted by Gasteiger charge is 2.33. The second kappa shape index (κ2) is 5.24. The third-order valence-electron chi connectivity index (χ3n) is 3.12. The van der Waals surface area contributed by atoms with Gasteiger partial charge in [-0.15, -0.1) is 0 Å². The number of aromatic nitrogens is 3. The Balaban J connectivity index is 2.33. The van der Waals surface area contributed by atoms with Crippen molar-refractivity contribution in [1.29, 1.82) is 0 Å². The normalized spacial score (nSPS) is 12.1. The Kier molecular flexibility index (Phi) is 3.65. The topological polar surface area (TPSA) is 30.2 Å². The van der Waals surface area contributed by atoms with Gasteiger partial charge in [0.15, 0.2) is 5.65 Å². The van der Waals surface area contributed by atoms with Gasteiger partial charge in [0.05, 0.1) is 15.9 Å². The van der Waals surface area contributed by atoms with Crippen LogP contribution in [-0.2, 0) is 5.38 Å². The van der Waals surface area contributed by atoms with Crippen LogP contribution in [-0.4, -0.2) is 14.6 Å². The monoisotopic (exact) mass is 389 g/mol. The van der Waals surface area contributed by atoms with Crippen molar-refractivity contribution in [3.05, 3.63) is 52.0 Å². The zero-order valence-electron chi connectivity index (χ0n) is 11.1. The molecule has 0 saturated heterocycles. The molecule has 2 aromatic heterocycles. The van der Waals surface area contributed by atoms with Crippen molar-refractivity contribution in [3.63, 3.8) is 0 Å². The summed E-state index contributed by atoms with van der Waals surface area (Å²) in [5.41, 5.74) is 0.966. The number of halogens is 5. The molecule has 0 amide bonds. The molecule has 0 N–H and O–H groups in total. The molecule has 0 aliphatic carbocycles. The van der Waals surface area contributed by atoms with Gasteiger partial charge in [0.25, 0.3) is 0 Å². The third kappa shape index (κ3) is 2.59. The van der Waals surface area contributed by atoms with Crippen LogP contribution < -0.4 is 0 Å². The number of benzene rings is 1. The van der Waals surface area contributed by atoms with Gasteiger partial charge in [0.1, 0.15) is 11.5 Å². The van der Waals surface area contributed by atoms with Crippen molar-refractivity contribution in [2.45, 2.75) is 12.3 Å². The van der Waals surface area contributed by atoms with Crippen molar-refractivity contribution < 1.29 is 13.2 Å². The molecule has 0 fully saturated rings. The molecule has 0 bridgehead atoms. The van der Waals surface area contributed by atoms with Gasteiger partial charge in [-0.1, -0.05) is 0 Å². The first-order valence-corrected chi connectivity index (χ1v) is 7.33. The predicted molar refractivity (Wildman–Crippen MR) is 80.6 cm³/mol. The lowest BCUT2D eigenvalue weighted by atomic mass is 10.1. The molecule has 8 heteroatoms. The van der Waals surface area contributed by atoms with E-state index in [1.807, 2.05) is 0 Å². The first-order valence-electron chi connectivity index (χ1n) is 6.16. The fourth-order valence-electron chi connectivity index (χ4n) is 2.07. The Morgan fingerprint density at radius 1 is 1.23 bits per heavy atom. The molecule has 0 atom stereocenters. The maximum Gasteiger partial charge on any atom is 0.364 e. The molecule has 3 rings (SSSR count). The van der Waals surface area contributed by atoms with Crippen LogP contribution in [0, 0.1) is 12.7 Å². The molecular formula is C14H8BrClF3N3. The van der Waals surface area contributed by atoms with Crippen molar-refractivity contribution >= 4 is 33.2 Å². The van der Waals surface area contributed by atoms with E-state index in [0.29, 0.717) is 15.7 Å². The van der Waals surface area contributed by atoms with Gasteiger partial charge >= 0.3 is 5.38 Å². The number of hydrogen-bond donors (Lipinski definition) is 0. The second-order valence-electron chi connectivity index (χ2n) is 4.67. The number of fused-ring (bicyclic) bond motifs is 1. The van der Waals surface area contributed by atoms with Crippen LogP contribution in [0.3, 0.4) is 0 Å². The van der Waals surface area contributed by atoms with Crippen LogP contribution in [0.15, 0.2) is 34.8 Å². The first-order chi connectivity index (χ1) is 10.3. The number of rotatable bonds is 2. The summed E-state index contributed by atoms with van der Waals surface area (Å²) in [7, 11) is 0.